The quantitative estimate of drug-likeness (QED) is 0.814. The maximum atomic E-state index is 11.4. The Labute approximate surface area is 127 Å². The Morgan fingerprint density at radius 1 is 1.24 bits per heavy atom. The largest absolute Gasteiger partial charge is 0.464 e. The molecule has 0 bridgehead atoms. The molecule has 3 nitrogen and oxygen atoms in total. The Kier molecular flexibility index (Phi) is 6.24. The van der Waals surface area contributed by atoms with E-state index >= 15 is 0 Å². The Balaban J connectivity index is 1.83. The third-order valence-corrected chi connectivity index (χ3v) is 4.32. The van der Waals surface area contributed by atoms with Crippen molar-refractivity contribution in [2.24, 2.45) is 0 Å². The second-order valence-corrected chi connectivity index (χ2v) is 5.88. The summed E-state index contributed by atoms with van der Waals surface area (Å²) in [6.07, 6.45) is 6.79. The molecule has 0 amide bonds. The number of benzene rings is 1. The highest BCUT2D eigenvalue weighted by molar-refractivity contribution is 5.74. The Morgan fingerprint density at radius 3 is 2.52 bits per heavy atom. The topological polar surface area (TPSA) is 46.5 Å². The molecular weight excluding hydrogens is 264 g/mol. The maximum absolute atomic E-state index is 11.4. The smallest absolute Gasteiger partial charge is 0.334 e. The first-order chi connectivity index (χ1) is 10.2. The molecule has 2 rings (SSSR count). The highest BCUT2D eigenvalue weighted by Crippen LogP contribution is 2.32. The lowest BCUT2D eigenvalue weighted by molar-refractivity contribution is -0.153. The van der Waals surface area contributed by atoms with Crippen molar-refractivity contribution in [3.8, 4) is 0 Å². The van der Waals surface area contributed by atoms with Crippen molar-refractivity contribution in [2.75, 3.05) is 6.61 Å². The number of aliphatic hydroxyl groups excluding tert-OH is 1. The predicted molar refractivity (Wildman–Crippen MR) is 83.2 cm³/mol. The fourth-order valence-electron chi connectivity index (χ4n) is 3.05. The van der Waals surface area contributed by atoms with Gasteiger partial charge in [0.15, 0.2) is 6.10 Å². The molecule has 1 aliphatic carbocycles. The van der Waals surface area contributed by atoms with Gasteiger partial charge in [0.25, 0.3) is 0 Å². The zero-order valence-electron chi connectivity index (χ0n) is 12.9. The first kappa shape index (κ1) is 16.0. The molecule has 0 radical (unpaired) electrons. The second kappa shape index (κ2) is 8.18. The Morgan fingerprint density at radius 2 is 1.90 bits per heavy atom. The van der Waals surface area contributed by atoms with E-state index in [0.29, 0.717) is 19.4 Å². The molecule has 0 aliphatic heterocycles. The van der Waals surface area contributed by atoms with Gasteiger partial charge in [0.2, 0.25) is 0 Å². The number of carbonyl (C=O) groups excluding carboxylic acids is 1. The van der Waals surface area contributed by atoms with Crippen LogP contribution in [-0.4, -0.2) is 23.8 Å². The van der Waals surface area contributed by atoms with Gasteiger partial charge in [-0.2, -0.15) is 0 Å². The third kappa shape index (κ3) is 4.85. The molecule has 1 aromatic carbocycles. The minimum absolute atomic E-state index is 0.311. The van der Waals surface area contributed by atoms with Crippen LogP contribution in [0.4, 0.5) is 0 Å². The zero-order valence-corrected chi connectivity index (χ0v) is 12.9. The molecule has 0 saturated heterocycles. The van der Waals surface area contributed by atoms with Crippen molar-refractivity contribution in [3.05, 3.63) is 35.4 Å². The van der Waals surface area contributed by atoms with Crippen LogP contribution in [0.2, 0.25) is 0 Å². The third-order valence-electron chi connectivity index (χ3n) is 4.32. The Bertz CT molecular complexity index is 432. The van der Waals surface area contributed by atoms with Crippen LogP contribution in [0.1, 0.15) is 62.5 Å². The first-order valence-corrected chi connectivity index (χ1v) is 8.14. The van der Waals surface area contributed by atoms with E-state index in [1.807, 2.05) is 0 Å². The monoisotopic (exact) mass is 290 g/mol. The van der Waals surface area contributed by atoms with E-state index in [-0.39, 0.29) is 0 Å². The molecule has 1 aromatic rings. The van der Waals surface area contributed by atoms with E-state index in [1.54, 1.807) is 6.92 Å². The molecular formula is C18H26O3. The average Bonchev–Trinajstić information content (AvgIpc) is 2.54. The van der Waals surface area contributed by atoms with Gasteiger partial charge in [-0.25, -0.2) is 4.79 Å². The van der Waals surface area contributed by atoms with E-state index in [0.717, 1.165) is 11.5 Å². The van der Waals surface area contributed by atoms with Crippen LogP contribution in [0.25, 0.3) is 0 Å². The van der Waals surface area contributed by atoms with Gasteiger partial charge >= 0.3 is 5.97 Å². The number of rotatable bonds is 6. The molecule has 0 heterocycles. The molecule has 21 heavy (non-hydrogen) atoms. The first-order valence-electron chi connectivity index (χ1n) is 8.14. The summed E-state index contributed by atoms with van der Waals surface area (Å²) in [7, 11) is 0. The summed E-state index contributed by atoms with van der Waals surface area (Å²) in [5.74, 6) is 0.203. The molecule has 1 saturated carbocycles. The fraction of sp³-hybridized carbons (Fsp3) is 0.611. The molecule has 116 valence electrons. The summed E-state index contributed by atoms with van der Waals surface area (Å²) in [6.45, 7) is 2.06. The number of hydrogen-bond donors (Lipinski definition) is 1. The van der Waals surface area contributed by atoms with E-state index < -0.39 is 12.1 Å². The summed E-state index contributed by atoms with van der Waals surface area (Å²) < 4.78 is 4.80. The van der Waals surface area contributed by atoms with Crippen LogP contribution in [0, 0.1) is 0 Å². The minimum atomic E-state index is -1.01. The molecule has 1 N–H and O–H groups in total. The van der Waals surface area contributed by atoms with Crippen LogP contribution in [-0.2, 0) is 16.0 Å². The lowest BCUT2D eigenvalue weighted by Gasteiger charge is -2.22. The summed E-state index contributed by atoms with van der Waals surface area (Å²) in [4.78, 5) is 11.4. The van der Waals surface area contributed by atoms with Crippen LogP contribution in [0.5, 0.6) is 0 Å². The lowest BCUT2D eigenvalue weighted by atomic mass is 9.84. The van der Waals surface area contributed by atoms with Gasteiger partial charge in [-0.3, -0.25) is 0 Å². The number of aryl methyl sites for hydroxylation is 1. The molecule has 1 atom stereocenters. The number of hydrogen-bond acceptors (Lipinski definition) is 3. The van der Waals surface area contributed by atoms with Crippen molar-refractivity contribution >= 4 is 5.97 Å². The van der Waals surface area contributed by atoms with Gasteiger partial charge in [0, 0.05) is 0 Å². The van der Waals surface area contributed by atoms with E-state index in [4.69, 9.17) is 4.74 Å². The number of carbonyl (C=O) groups is 1. The standard InChI is InChI=1S/C18H26O3/c1-2-21-18(20)17(19)13-10-14-8-11-16(12-9-14)15-6-4-3-5-7-15/h8-9,11-12,15,17,19H,2-7,10,13H2,1H3. The van der Waals surface area contributed by atoms with Crippen molar-refractivity contribution in [1.29, 1.82) is 0 Å². The van der Waals surface area contributed by atoms with Gasteiger partial charge < -0.3 is 9.84 Å². The summed E-state index contributed by atoms with van der Waals surface area (Å²) in [5.41, 5.74) is 2.60. The van der Waals surface area contributed by atoms with Gasteiger partial charge in [-0.1, -0.05) is 43.5 Å². The van der Waals surface area contributed by atoms with E-state index in [9.17, 15) is 9.90 Å². The van der Waals surface area contributed by atoms with Crippen LogP contribution >= 0.6 is 0 Å². The SMILES string of the molecule is CCOC(=O)C(O)CCc1ccc(C2CCCCC2)cc1. The van der Waals surface area contributed by atoms with E-state index in [1.165, 1.54) is 37.7 Å². The highest BCUT2D eigenvalue weighted by Gasteiger charge is 2.17. The van der Waals surface area contributed by atoms with Crippen LogP contribution in [0.3, 0.4) is 0 Å². The number of esters is 1. The fourth-order valence-corrected chi connectivity index (χ4v) is 3.05. The van der Waals surface area contributed by atoms with Crippen molar-refractivity contribution < 1.29 is 14.6 Å². The van der Waals surface area contributed by atoms with Gasteiger partial charge in [-0.05, 0) is 49.7 Å². The highest BCUT2D eigenvalue weighted by atomic mass is 16.5. The second-order valence-electron chi connectivity index (χ2n) is 5.88. The average molecular weight is 290 g/mol. The maximum Gasteiger partial charge on any atom is 0.334 e. The van der Waals surface area contributed by atoms with Gasteiger partial charge in [-0.15, -0.1) is 0 Å². The zero-order chi connectivity index (χ0) is 15.1. The summed E-state index contributed by atoms with van der Waals surface area (Å²) in [5, 5.41) is 9.69. The van der Waals surface area contributed by atoms with Crippen molar-refractivity contribution in [3.63, 3.8) is 0 Å². The minimum Gasteiger partial charge on any atom is -0.464 e. The van der Waals surface area contributed by atoms with Crippen molar-refractivity contribution in [2.45, 2.75) is 63.9 Å². The van der Waals surface area contributed by atoms with E-state index in [2.05, 4.69) is 24.3 Å². The predicted octanol–water partition coefficient (Wildman–Crippen LogP) is 3.59. The number of ether oxygens (including phenoxy) is 1. The van der Waals surface area contributed by atoms with Gasteiger partial charge in [0.05, 0.1) is 6.61 Å². The lowest BCUT2D eigenvalue weighted by Crippen LogP contribution is -2.23. The molecule has 0 aromatic heterocycles. The Hall–Kier alpha value is -1.35. The molecule has 1 unspecified atom stereocenters. The number of aliphatic hydroxyl groups is 1. The normalized spacial score (nSPS) is 17.4. The van der Waals surface area contributed by atoms with Crippen molar-refractivity contribution in [1.82, 2.24) is 0 Å². The van der Waals surface area contributed by atoms with Gasteiger partial charge in [0.1, 0.15) is 0 Å². The molecule has 0 spiro atoms. The molecule has 1 aliphatic rings. The molecule has 1 fully saturated rings. The van der Waals surface area contributed by atoms with Crippen LogP contribution < -0.4 is 0 Å². The summed E-state index contributed by atoms with van der Waals surface area (Å²) >= 11 is 0. The molecule has 3 heteroatoms. The summed E-state index contributed by atoms with van der Waals surface area (Å²) in [6, 6.07) is 8.67. The van der Waals surface area contributed by atoms with Crippen LogP contribution in [0.15, 0.2) is 24.3 Å².